The molecule has 0 bridgehead atoms. The van der Waals surface area contributed by atoms with Gasteiger partial charge in [0.05, 0.1) is 0 Å². The number of fused-ring (bicyclic) bond motifs is 3. The van der Waals surface area contributed by atoms with Gasteiger partial charge in [0.15, 0.2) is 0 Å². The van der Waals surface area contributed by atoms with E-state index < -0.39 is 0 Å². The molecule has 1 aromatic carbocycles. The van der Waals surface area contributed by atoms with E-state index in [-0.39, 0.29) is 0 Å². The van der Waals surface area contributed by atoms with Crippen LogP contribution < -0.4 is 0 Å². The lowest BCUT2D eigenvalue weighted by molar-refractivity contribution is 1.32. The van der Waals surface area contributed by atoms with E-state index in [0.29, 0.717) is 0 Å². The number of benzene rings is 1. The van der Waals surface area contributed by atoms with Crippen LogP contribution in [0.5, 0.6) is 0 Å². The van der Waals surface area contributed by atoms with Crippen molar-refractivity contribution < 1.29 is 0 Å². The first-order valence-electron chi connectivity index (χ1n) is 6.68. The molecule has 2 nitrogen and oxygen atoms in total. The summed E-state index contributed by atoms with van der Waals surface area (Å²) in [5.74, 6) is 0. The third-order valence-electron chi connectivity index (χ3n) is 2.61. The fraction of sp³-hybridized carbons (Fsp3) is 0.312. The quantitative estimate of drug-likeness (QED) is 0.585. The zero-order valence-corrected chi connectivity index (χ0v) is 11.9. The van der Waals surface area contributed by atoms with Crippen LogP contribution in [0.25, 0.3) is 21.9 Å². The minimum Gasteiger partial charge on any atom is -0.339 e. The maximum absolute atomic E-state index is 4.32. The molecule has 96 valence electrons. The summed E-state index contributed by atoms with van der Waals surface area (Å²) in [5.41, 5.74) is 3.41. The first-order valence-corrected chi connectivity index (χ1v) is 6.68. The molecule has 0 atom stereocenters. The van der Waals surface area contributed by atoms with E-state index in [1.165, 1.54) is 16.3 Å². The number of rotatable bonds is 0. The minimum atomic E-state index is 0.978. The van der Waals surface area contributed by atoms with Crippen molar-refractivity contribution in [2.75, 3.05) is 0 Å². The first kappa shape index (κ1) is 14.2. The lowest BCUT2D eigenvalue weighted by atomic mass is 10.1. The number of hydrogen-bond acceptors (Lipinski definition) is 1. The molecule has 0 spiro atoms. The highest BCUT2D eigenvalue weighted by Crippen LogP contribution is 2.25. The van der Waals surface area contributed by atoms with Crippen LogP contribution in [0.1, 0.15) is 33.3 Å². The van der Waals surface area contributed by atoms with E-state index in [1.807, 2.05) is 46.0 Å². The molecule has 18 heavy (non-hydrogen) atoms. The molecule has 0 saturated carbocycles. The van der Waals surface area contributed by atoms with Crippen molar-refractivity contribution in [2.24, 2.45) is 0 Å². The maximum Gasteiger partial charge on any atom is 0.138 e. The molecule has 0 aliphatic carbocycles. The summed E-state index contributed by atoms with van der Waals surface area (Å²) in [6.07, 6.45) is 1.84. The monoisotopic (exact) mass is 242 g/mol. The fourth-order valence-corrected chi connectivity index (χ4v) is 1.93. The Morgan fingerprint density at radius 1 is 0.944 bits per heavy atom. The number of aromatic nitrogens is 2. The standard InChI is InChI=1S/C12H10N2.2C2H6/c1-8-6-7-13-12-11(8)9-4-2-3-5-10(9)14-12;2*1-2/h2-7H,1H3,(H,13,14);2*1-2H3. The predicted octanol–water partition coefficient (Wildman–Crippen LogP) is 5.08. The molecule has 0 radical (unpaired) electrons. The lowest BCUT2D eigenvalue weighted by Crippen LogP contribution is -1.77. The Kier molecular flexibility index (Phi) is 5.37. The zero-order chi connectivity index (χ0) is 13.5. The molecule has 0 aliphatic rings. The number of aromatic amines is 1. The third kappa shape index (κ3) is 2.53. The Balaban J connectivity index is 0.000000371. The summed E-state index contributed by atoms with van der Waals surface area (Å²) in [5, 5.41) is 2.50. The predicted molar refractivity (Wildman–Crippen MR) is 81.0 cm³/mol. The van der Waals surface area contributed by atoms with Crippen LogP contribution in [0.15, 0.2) is 36.5 Å². The van der Waals surface area contributed by atoms with Gasteiger partial charge in [0, 0.05) is 22.5 Å². The van der Waals surface area contributed by atoms with Gasteiger partial charge >= 0.3 is 0 Å². The number of para-hydroxylation sites is 1. The van der Waals surface area contributed by atoms with Gasteiger partial charge in [-0.2, -0.15) is 0 Å². The highest BCUT2D eigenvalue weighted by Gasteiger charge is 2.05. The third-order valence-corrected chi connectivity index (χ3v) is 2.61. The van der Waals surface area contributed by atoms with E-state index in [1.54, 1.807) is 0 Å². The van der Waals surface area contributed by atoms with Gasteiger partial charge in [0.25, 0.3) is 0 Å². The number of hydrogen-bond donors (Lipinski definition) is 1. The average molecular weight is 242 g/mol. The highest BCUT2D eigenvalue weighted by molar-refractivity contribution is 6.07. The van der Waals surface area contributed by atoms with Gasteiger partial charge in [-0.3, -0.25) is 0 Å². The topological polar surface area (TPSA) is 28.7 Å². The molecule has 3 aromatic rings. The van der Waals surface area contributed by atoms with Crippen molar-refractivity contribution in [3.63, 3.8) is 0 Å². The summed E-state index contributed by atoms with van der Waals surface area (Å²) >= 11 is 0. The number of pyridine rings is 1. The maximum atomic E-state index is 4.32. The molecule has 0 unspecified atom stereocenters. The van der Waals surface area contributed by atoms with Gasteiger partial charge in [0.1, 0.15) is 5.65 Å². The van der Waals surface area contributed by atoms with Crippen LogP contribution in [-0.4, -0.2) is 9.97 Å². The van der Waals surface area contributed by atoms with Crippen LogP contribution in [0.3, 0.4) is 0 Å². The Labute approximate surface area is 109 Å². The van der Waals surface area contributed by atoms with E-state index >= 15 is 0 Å². The normalized spacial score (nSPS) is 9.39. The van der Waals surface area contributed by atoms with Gasteiger partial charge in [-0.1, -0.05) is 45.9 Å². The summed E-state index contributed by atoms with van der Waals surface area (Å²) in [7, 11) is 0. The molecular weight excluding hydrogens is 220 g/mol. The van der Waals surface area contributed by atoms with Crippen molar-refractivity contribution >= 4 is 21.9 Å². The van der Waals surface area contributed by atoms with Crippen molar-refractivity contribution in [3.05, 3.63) is 42.1 Å². The summed E-state index contributed by atoms with van der Waals surface area (Å²) in [4.78, 5) is 7.63. The molecule has 3 rings (SSSR count). The van der Waals surface area contributed by atoms with Crippen molar-refractivity contribution in [3.8, 4) is 0 Å². The Morgan fingerprint density at radius 3 is 2.33 bits per heavy atom. The van der Waals surface area contributed by atoms with Crippen molar-refractivity contribution in [1.82, 2.24) is 9.97 Å². The molecule has 0 saturated heterocycles. The molecule has 2 heterocycles. The lowest BCUT2D eigenvalue weighted by Gasteiger charge is -1.94. The Hall–Kier alpha value is -1.83. The van der Waals surface area contributed by atoms with E-state index in [2.05, 4.69) is 35.1 Å². The minimum absolute atomic E-state index is 0.978. The summed E-state index contributed by atoms with van der Waals surface area (Å²) in [6, 6.07) is 10.3. The molecule has 2 heteroatoms. The molecule has 0 amide bonds. The molecule has 2 aromatic heterocycles. The largest absolute Gasteiger partial charge is 0.339 e. The molecular formula is C16H22N2. The molecule has 0 aliphatic heterocycles. The second kappa shape index (κ2) is 6.80. The molecule has 0 fully saturated rings. The number of nitrogens with one attached hydrogen (secondary N) is 1. The van der Waals surface area contributed by atoms with Crippen molar-refractivity contribution in [1.29, 1.82) is 0 Å². The van der Waals surface area contributed by atoms with E-state index in [4.69, 9.17) is 0 Å². The SMILES string of the molecule is CC.CC.Cc1ccnc2[nH]c3ccccc3c12. The molecule has 1 N–H and O–H groups in total. The van der Waals surface area contributed by atoms with Crippen LogP contribution in [-0.2, 0) is 0 Å². The van der Waals surface area contributed by atoms with Crippen LogP contribution >= 0.6 is 0 Å². The average Bonchev–Trinajstić information content (AvgIpc) is 2.83. The number of nitrogens with zero attached hydrogens (tertiary/aromatic N) is 1. The van der Waals surface area contributed by atoms with Crippen LogP contribution in [0.4, 0.5) is 0 Å². The van der Waals surface area contributed by atoms with Crippen LogP contribution in [0, 0.1) is 6.92 Å². The van der Waals surface area contributed by atoms with Crippen LogP contribution in [0.2, 0.25) is 0 Å². The first-order chi connectivity index (χ1) is 8.86. The number of aryl methyl sites for hydroxylation is 1. The van der Waals surface area contributed by atoms with E-state index in [0.717, 1.165) is 11.2 Å². The van der Waals surface area contributed by atoms with Gasteiger partial charge < -0.3 is 4.98 Å². The number of H-pyrrole nitrogens is 1. The van der Waals surface area contributed by atoms with Gasteiger partial charge in [-0.15, -0.1) is 0 Å². The summed E-state index contributed by atoms with van der Waals surface area (Å²) in [6.45, 7) is 10.1. The second-order valence-corrected chi connectivity index (χ2v) is 3.52. The Morgan fingerprint density at radius 2 is 1.61 bits per heavy atom. The summed E-state index contributed by atoms with van der Waals surface area (Å²) < 4.78 is 0. The highest BCUT2D eigenvalue weighted by atomic mass is 14.8. The van der Waals surface area contributed by atoms with E-state index in [9.17, 15) is 0 Å². The smallest absolute Gasteiger partial charge is 0.138 e. The zero-order valence-electron chi connectivity index (χ0n) is 11.9. The van der Waals surface area contributed by atoms with Gasteiger partial charge in [0.2, 0.25) is 0 Å². The van der Waals surface area contributed by atoms with Gasteiger partial charge in [-0.05, 0) is 24.6 Å². The second-order valence-electron chi connectivity index (χ2n) is 3.52. The fourth-order valence-electron chi connectivity index (χ4n) is 1.93. The Bertz CT molecular complexity index is 609. The van der Waals surface area contributed by atoms with Gasteiger partial charge in [-0.25, -0.2) is 4.98 Å². The van der Waals surface area contributed by atoms with Crippen molar-refractivity contribution in [2.45, 2.75) is 34.6 Å².